The summed E-state index contributed by atoms with van der Waals surface area (Å²) in [6.07, 6.45) is 0. The Labute approximate surface area is 69.9 Å². The lowest BCUT2D eigenvalue weighted by Gasteiger charge is -1.86. The van der Waals surface area contributed by atoms with E-state index in [0.29, 0.717) is 4.90 Å². The van der Waals surface area contributed by atoms with Crippen molar-refractivity contribution in [3.05, 3.63) is 28.5 Å². The summed E-state index contributed by atoms with van der Waals surface area (Å²) >= 11 is 3.22. The molecule has 1 rings (SSSR count). The van der Waals surface area contributed by atoms with Gasteiger partial charge in [-0.05, 0) is 22.0 Å². The van der Waals surface area contributed by atoms with Gasteiger partial charge in [0.25, 0.3) is 0 Å². The van der Waals surface area contributed by atoms with E-state index in [0.717, 1.165) is 0 Å². The van der Waals surface area contributed by atoms with Crippen molar-refractivity contribution in [3.63, 3.8) is 0 Å². The Bertz CT molecular complexity index is 264. The molecule has 0 bridgehead atoms. The maximum absolute atomic E-state index is 12.6. The van der Waals surface area contributed by atoms with Gasteiger partial charge in [0.15, 0.2) is 0 Å². The third kappa shape index (κ3) is 1.38. The van der Waals surface area contributed by atoms with E-state index in [1.807, 2.05) is 0 Å². The summed E-state index contributed by atoms with van der Waals surface area (Å²) in [5.74, 6) is -0.402. The van der Waals surface area contributed by atoms with Gasteiger partial charge in [-0.15, -0.1) is 0 Å². The second-order valence-corrected chi connectivity index (χ2v) is 3.03. The van der Waals surface area contributed by atoms with Gasteiger partial charge in [0.1, 0.15) is 10.3 Å². The first-order valence-corrected chi connectivity index (χ1v) is 4.03. The van der Waals surface area contributed by atoms with Gasteiger partial charge in [0.2, 0.25) is 0 Å². The summed E-state index contributed by atoms with van der Waals surface area (Å²) in [4.78, 5) is 0.375. The molecule has 0 unspecified atom stereocenters. The van der Waals surface area contributed by atoms with Crippen LogP contribution in [0.2, 0.25) is 0 Å². The van der Waals surface area contributed by atoms with Crippen LogP contribution in [-0.4, -0.2) is 0 Å². The predicted molar refractivity (Wildman–Crippen MR) is 40.4 cm³/mol. The summed E-state index contributed by atoms with van der Waals surface area (Å²) in [5.41, 5.74) is 0. The van der Waals surface area contributed by atoms with E-state index >= 15 is 0 Å². The molecule has 0 fully saturated rings. The Morgan fingerprint density at radius 2 is 2.20 bits per heavy atom. The third-order valence-corrected chi connectivity index (χ3v) is 2.59. The van der Waals surface area contributed by atoms with Gasteiger partial charge in [-0.2, -0.15) is 0 Å². The predicted octanol–water partition coefficient (Wildman–Crippen LogP) is 2.38. The van der Waals surface area contributed by atoms with Gasteiger partial charge in [-0.25, -0.2) is 4.39 Å². The number of halogens is 2. The molecule has 52 valence electrons. The summed E-state index contributed by atoms with van der Waals surface area (Å²) in [6.45, 7) is 0. The van der Waals surface area contributed by atoms with Crippen LogP contribution in [0, 0.1) is 5.82 Å². The summed E-state index contributed by atoms with van der Waals surface area (Å²) in [6, 6.07) is 4.36. The lowest BCUT2D eigenvalue weighted by Crippen LogP contribution is -1.80. The highest BCUT2D eigenvalue weighted by molar-refractivity contribution is 9.10. The quantitative estimate of drug-likeness (QED) is 0.666. The highest BCUT2D eigenvalue weighted by Gasteiger charge is 2.14. The van der Waals surface area contributed by atoms with Crippen molar-refractivity contribution in [1.29, 1.82) is 0 Å². The van der Waals surface area contributed by atoms with E-state index in [9.17, 15) is 8.60 Å². The summed E-state index contributed by atoms with van der Waals surface area (Å²) in [5, 5.41) is 0. The van der Waals surface area contributed by atoms with Gasteiger partial charge in [0, 0.05) is 10.3 Å². The van der Waals surface area contributed by atoms with Crippen LogP contribution < -0.4 is 0 Å². The Morgan fingerprint density at radius 1 is 1.50 bits per heavy atom. The maximum Gasteiger partial charge on any atom is 0.506 e. The third-order valence-electron chi connectivity index (χ3n) is 1.01. The molecule has 0 N–H and O–H groups in total. The van der Waals surface area contributed by atoms with Crippen LogP contribution in [0.1, 0.15) is 0 Å². The molecule has 0 aliphatic rings. The first kappa shape index (κ1) is 7.75. The SMILES string of the molecule is O=[S+]c1cccc(F)c1Br. The molecule has 4 heteroatoms. The Morgan fingerprint density at radius 3 is 2.70 bits per heavy atom. The van der Waals surface area contributed by atoms with Crippen molar-refractivity contribution in [2.24, 2.45) is 0 Å². The molecular formula is C6H3BrFOS+. The van der Waals surface area contributed by atoms with Crippen molar-refractivity contribution in [2.45, 2.75) is 4.90 Å². The molecule has 1 aromatic rings. The van der Waals surface area contributed by atoms with Crippen LogP contribution in [0.15, 0.2) is 27.6 Å². The Balaban J connectivity index is 3.27. The van der Waals surface area contributed by atoms with Crippen molar-refractivity contribution >= 4 is 27.6 Å². The average Bonchev–Trinajstić information content (AvgIpc) is 1.95. The van der Waals surface area contributed by atoms with Crippen LogP contribution in [0.3, 0.4) is 0 Å². The molecule has 10 heavy (non-hydrogen) atoms. The van der Waals surface area contributed by atoms with E-state index < -0.39 is 5.82 Å². The van der Waals surface area contributed by atoms with Gasteiger partial charge >= 0.3 is 16.6 Å². The smallest absolute Gasteiger partial charge is 0.206 e. The fourth-order valence-electron chi connectivity index (χ4n) is 0.548. The topological polar surface area (TPSA) is 17.1 Å². The van der Waals surface area contributed by atoms with Gasteiger partial charge < -0.3 is 0 Å². The number of rotatable bonds is 1. The van der Waals surface area contributed by atoms with E-state index in [1.165, 1.54) is 12.1 Å². The minimum Gasteiger partial charge on any atom is -0.206 e. The van der Waals surface area contributed by atoms with Crippen molar-refractivity contribution in [2.75, 3.05) is 0 Å². The highest BCUT2D eigenvalue weighted by Crippen LogP contribution is 2.19. The number of hydrogen-bond acceptors (Lipinski definition) is 1. The molecule has 0 aliphatic heterocycles. The van der Waals surface area contributed by atoms with Gasteiger partial charge in [0.05, 0.1) is 0 Å². The van der Waals surface area contributed by atoms with E-state index in [2.05, 4.69) is 15.9 Å². The van der Waals surface area contributed by atoms with Crippen LogP contribution in [0.4, 0.5) is 4.39 Å². The van der Waals surface area contributed by atoms with E-state index in [-0.39, 0.29) is 16.1 Å². The average molecular weight is 222 g/mol. The summed E-state index contributed by atoms with van der Waals surface area (Å²) < 4.78 is 23.0. The molecule has 0 aliphatic carbocycles. The van der Waals surface area contributed by atoms with Crippen LogP contribution in [-0.2, 0) is 15.9 Å². The maximum atomic E-state index is 12.6. The molecule has 0 saturated carbocycles. The minimum absolute atomic E-state index is 0.245. The molecule has 1 nitrogen and oxygen atoms in total. The lowest BCUT2D eigenvalue weighted by atomic mass is 10.3. The fraction of sp³-hybridized carbons (Fsp3) is 0. The molecule has 0 spiro atoms. The molecule has 0 amide bonds. The lowest BCUT2D eigenvalue weighted by molar-refractivity contribution is 0.599. The molecule has 0 heterocycles. The fourth-order valence-corrected chi connectivity index (χ4v) is 1.32. The van der Waals surface area contributed by atoms with Crippen LogP contribution in [0.5, 0.6) is 0 Å². The monoisotopic (exact) mass is 221 g/mol. The second kappa shape index (κ2) is 3.16. The number of hydrogen-bond donors (Lipinski definition) is 0. The van der Waals surface area contributed by atoms with E-state index in [1.54, 1.807) is 6.07 Å². The standard InChI is InChI=1S/C6H3BrFOS/c7-6-4(8)2-1-3-5(6)10-9/h1-3H/q+1. The molecule has 0 radical (unpaired) electrons. The highest BCUT2D eigenvalue weighted by atomic mass is 79.9. The first-order valence-electron chi connectivity index (χ1n) is 2.49. The largest absolute Gasteiger partial charge is 0.506 e. The van der Waals surface area contributed by atoms with Crippen molar-refractivity contribution < 1.29 is 8.60 Å². The van der Waals surface area contributed by atoms with Gasteiger partial charge in [-0.1, -0.05) is 6.07 Å². The van der Waals surface area contributed by atoms with E-state index in [4.69, 9.17) is 0 Å². The Hall–Kier alpha value is -0.350. The number of benzene rings is 1. The van der Waals surface area contributed by atoms with Crippen molar-refractivity contribution in [3.8, 4) is 0 Å². The van der Waals surface area contributed by atoms with Crippen LogP contribution >= 0.6 is 15.9 Å². The van der Waals surface area contributed by atoms with Gasteiger partial charge in [-0.3, -0.25) is 0 Å². The molecule has 0 atom stereocenters. The first-order chi connectivity index (χ1) is 4.75. The molecule has 0 aromatic heterocycles. The normalized spacial score (nSPS) is 9.40. The molecule has 1 aromatic carbocycles. The zero-order valence-electron chi connectivity index (χ0n) is 4.80. The zero-order valence-corrected chi connectivity index (χ0v) is 7.21. The minimum atomic E-state index is -0.402. The summed E-state index contributed by atoms with van der Waals surface area (Å²) in [7, 11) is 0. The Kier molecular flexibility index (Phi) is 2.45. The second-order valence-electron chi connectivity index (χ2n) is 1.64. The van der Waals surface area contributed by atoms with Crippen molar-refractivity contribution in [1.82, 2.24) is 0 Å². The molecular weight excluding hydrogens is 219 g/mol. The molecule has 0 saturated heterocycles. The van der Waals surface area contributed by atoms with Crippen LogP contribution in [0.25, 0.3) is 0 Å². The zero-order chi connectivity index (χ0) is 7.56.